The molecule has 1 heterocycles. The SMILES string of the molecule is CCCCCCCCCCC1OC1CCCO. The summed E-state index contributed by atoms with van der Waals surface area (Å²) in [6.07, 6.45) is 15.3. The minimum atomic E-state index is 0.310. The van der Waals surface area contributed by atoms with Crippen LogP contribution in [-0.4, -0.2) is 23.9 Å². The fourth-order valence-electron chi connectivity index (χ4n) is 2.46. The molecule has 0 bridgehead atoms. The van der Waals surface area contributed by atoms with Gasteiger partial charge in [-0.1, -0.05) is 58.3 Å². The van der Waals surface area contributed by atoms with Crippen LogP contribution < -0.4 is 0 Å². The molecular weight excluding hydrogens is 212 g/mol. The molecule has 2 unspecified atom stereocenters. The van der Waals surface area contributed by atoms with E-state index in [4.69, 9.17) is 9.84 Å². The molecular formula is C15H30O2. The smallest absolute Gasteiger partial charge is 0.0842 e. The molecule has 2 atom stereocenters. The van der Waals surface area contributed by atoms with Crippen LogP contribution in [0.25, 0.3) is 0 Å². The number of rotatable bonds is 12. The van der Waals surface area contributed by atoms with Gasteiger partial charge >= 0.3 is 0 Å². The van der Waals surface area contributed by atoms with E-state index in [9.17, 15) is 0 Å². The summed E-state index contributed by atoms with van der Waals surface area (Å²) in [5, 5.41) is 8.71. The van der Waals surface area contributed by atoms with Gasteiger partial charge in [0, 0.05) is 6.61 Å². The Bertz CT molecular complexity index is 170. The molecule has 0 aromatic heterocycles. The van der Waals surface area contributed by atoms with Crippen molar-refractivity contribution in [3.63, 3.8) is 0 Å². The highest BCUT2D eigenvalue weighted by molar-refractivity contribution is 4.84. The maximum atomic E-state index is 8.71. The number of aliphatic hydroxyl groups excluding tert-OH is 1. The quantitative estimate of drug-likeness (QED) is 0.413. The summed E-state index contributed by atoms with van der Waals surface area (Å²) in [5.41, 5.74) is 0. The number of unbranched alkanes of at least 4 members (excludes halogenated alkanes) is 7. The first-order valence-electron chi connectivity index (χ1n) is 7.64. The third-order valence-electron chi connectivity index (χ3n) is 3.68. The van der Waals surface area contributed by atoms with E-state index in [-0.39, 0.29) is 0 Å². The molecule has 0 amide bonds. The van der Waals surface area contributed by atoms with Crippen LogP contribution in [0.5, 0.6) is 0 Å². The zero-order valence-electron chi connectivity index (χ0n) is 11.5. The highest BCUT2D eigenvalue weighted by Gasteiger charge is 2.36. The Kier molecular flexibility index (Phi) is 8.72. The van der Waals surface area contributed by atoms with Crippen molar-refractivity contribution in [2.75, 3.05) is 6.61 Å². The zero-order chi connectivity index (χ0) is 12.3. The lowest BCUT2D eigenvalue weighted by Crippen LogP contribution is -1.96. The van der Waals surface area contributed by atoms with Crippen LogP contribution in [0, 0.1) is 0 Å². The van der Waals surface area contributed by atoms with Crippen molar-refractivity contribution in [1.29, 1.82) is 0 Å². The van der Waals surface area contributed by atoms with Crippen LogP contribution in [0.1, 0.15) is 77.6 Å². The Balaban J connectivity index is 1.74. The number of aliphatic hydroxyl groups is 1. The second kappa shape index (κ2) is 9.90. The van der Waals surface area contributed by atoms with E-state index < -0.39 is 0 Å². The molecule has 0 aromatic carbocycles. The summed E-state index contributed by atoms with van der Waals surface area (Å²) in [7, 11) is 0. The monoisotopic (exact) mass is 242 g/mol. The minimum absolute atomic E-state index is 0.310. The van der Waals surface area contributed by atoms with E-state index >= 15 is 0 Å². The largest absolute Gasteiger partial charge is 0.396 e. The summed E-state index contributed by atoms with van der Waals surface area (Å²) in [5.74, 6) is 0. The second-order valence-electron chi connectivity index (χ2n) is 5.34. The molecule has 1 fully saturated rings. The normalized spacial score (nSPS) is 22.9. The van der Waals surface area contributed by atoms with E-state index in [1.807, 2.05) is 0 Å². The number of epoxide rings is 1. The molecule has 2 nitrogen and oxygen atoms in total. The Hall–Kier alpha value is -0.0800. The Morgan fingerprint density at radius 3 is 1.88 bits per heavy atom. The van der Waals surface area contributed by atoms with Crippen molar-refractivity contribution < 1.29 is 9.84 Å². The van der Waals surface area contributed by atoms with E-state index in [1.54, 1.807) is 0 Å². The van der Waals surface area contributed by atoms with E-state index in [0.29, 0.717) is 18.8 Å². The third-order valence-corrected chi connectivity index (χ3v) is 3.68. The predicted molar refractivity (Wildman–Crippen MR) is 72.2 cm³/mol. The molecule has 2 heteroatoms. The summed E-state index contributed by atoms with van der Waals surface area (Å²) in [6, 6.07) is 0. The molecule has 17 heavy (non-hydrogen) atoms. The van der Waals surface area contributed by atoms with Crippen molar-refractivity contribution >= 4 is 0 Å². The van der Waals surface area contributed by atoms with Crippen LogP contribution >= 0.6 is 0 Å². The highest BCUT2D eigenvalue weighted by atomic mass is 16.6. The Morgan fingerprint density at radius 1 is 0.765 bits per heavy atom. The van der Waals surface area contributed by atoms with Crippen LogP contribution in [-0.2, 0) is 4.74 Å². The molecule has 0 radical (unpaired) electrons. The average molecular weight is 242 g/mol. The first-order chi connectivity index (χ1) is 8.38. The molecule has 0 aliphatic carbocycles. The zero-order valence-corrected chi connectivity index (χ0v) is 11.5. The van der Waals surface area contributed by atoms with Gasteiger partial charge in [-0.3, -0.25) is 0 Å². The van der Waals surface area contributed by atoms with Crippen LogP contribution in [0.3, 0.4) is 0 Å². The second-order valence-corrected chi connectivity index (χ2v) is 5.34. The fraction of sp³-hybridized carbons (Fsp3) is 1.00. The summed E-state index contributed by atoms with van der Waals surface area (Å²) in [4.78, 5) is 0. The first kappa shape index (κ1) is 15.0. The topological polar surface area (TPSA) is 32.8 Å². The van der Waals surface area contributed by atoms with Crippen molar-refractivity contribution in [2.24, 2.45) is 0 Å². The average Bonchev–Trinajstić information content (AvgIpc) is 3.09. The van der Waals surface area contributed by atoms with Gasteiger partial charge in [0.2, 0.25) is 0 Å². The molecule has 0 aromatic rings. The standard InChI is InChI=1S/C15H30O2/c1-2-3-4-5-6-7-8-9-11-14-15(17-14)12-10-13-16/h14-16H,2-13H2,1H3. The van der Waals surface area contributed by atoms with Crippen molar-refractivity contribution in [3.05, 3.63) is 0 Å². The lowest BCUT2D eigenvalue weighted by molar-refractivity contribution is 0.272. The molecule has 1 saturated heterocycles. The molecule has 1 aliphatic heterocycles. The van der Waals surface area contributed by atoms with E-state index in [1.165, 1.54) is 57.8 Å². The van der Waals surface area contributed by atoms with Gasteiger partial charge in [0.1, 0.15) is 0 Å². The van der Waals surface area contributed by atoms with Gasteiger partial charge in [0.05, 0.1) is 12.2 Å². The van der Waals surface area contributed by atoms with Gasteiger partial charge < -0.3 is 9.84 Å². The highest BCUT2D eigenvalue weighted by Crippen LogP contribution is 2.30. The Morgan fingerprint density at radius 2 is 1.29 bits per heavy atom. The van der Waals surface area contributed by atoms with E-state index in [0.717, 1.165) is 12.8 Å². The van der Waals surface area contributed by atoms with Crippen molar-refractivity contribution in [1.82, 2.24) is 0 Å². The summed E-state index contributed by atoms with van der Waals surface area (Å²) < 4.78 is 5.57. The lowest BCUT2D eigenvalue weighted by atomic mass is 10.0. The molecule has 0 saturated carbocycles. The Labute approximate surface area is 107 Å². The molecule has 102 valence electrons. The maximum Gasteiger partial charge on any atom is 0.0842 e. The molecule has 1 N–H and O–H groups in total. The number of hydrogen-bond donors (Lipinski definition) is 1. The predicted octanol–water partition coefficient (Wildman–Crippen LogP) is 4.06. The first-order valence-corrected chi connectivity index (χ1v) is 7.64. The van der Waals surface area contributed by atoms with Crippen molar-refractivity contribution in [2.45, 2.75) is 89.8 Å². The van der Waals surface area contributed by atoms with Crippen LogP contribution in [0.15, 0.2) is 0 Å². The molecule has 1 rings (SSSR count). The van der Waals surface area contributed by atoms with Crippen LogP contribution in [0.2, 0.25) is 0 Å². The lowest BCUT2D eigenvalue weighted by Gasteiger charge is -2.00. The van der Waals surface area contributed by atoms with E-state index in [2.05, 4.69) is 6.92 Å². The minimum Gasteiger partial charge on any atom is -0.396 e. The summed E-state index contributed by atoms with van der Waals surface area (Å²) >= 11 is 0. The van der Waals surface area contributed by atoms with Gasteiger partial charge in [-0.2, -0.15) is 0 Å². The molecule has 0 spiro atoms. The number of hydrogen-bond acceptors (Lipinski definition) is 2. The van der Waals surface area contributed by atoms with Crippen LogP contribution in [0.4, 0.5) is 0 Å². The van der Waals surface area contributed by atoms with Gasteiger partial charge in [0.25, 0.3) is 0 Å². The fourth-order valence-corrected chi connectivity index (χ4v) is 2.46. The van der Waals surface area contributed by atoms with Gasteiger partial charge in [-0.25, -0.2) is 0 Å². The van der Waals surface area contributed by atoms with Crippen molar-refractivity contribution in [3.8, 4) is 0 Å². The van der Waals surface area contributed by atoms with Gasteiger partial charge in [0.15, 0.2) is 0 Å². The maximum absolute atomic E-state index is 8.71. The third kappa shape index (κ3) is 7.77. The summed E-state index contributed by atoms with van der Waals surface area (Å²) in [6.45, 7) is 2.58. The molecule has 1 aliphatic rings. The van der Waals surface area contributed by atoms with Gasteiger partial charge in [-0.15, -0.1) is 0 Å². The van der Waals surface area contributed by atoms with Gasteiger partial charge in [-0.05, 0) is 19.3 Å². The number of ether oxygens (including phenoxy) is 1.